The van der Waals surface area contributed by atoms with Crippen LogP contribution in [0.5, 0.6) is 0 Å². The maximum Gasteiger partial charge on any atom is 0.161 e. The molecule has 3 fully saturated rings. The van der Waals surface area contributed by atoms with Crippen LogP contribution in [-0.4, -0.2) is 38.8 Å². The molecule has 4 aliphatic rings. The highest BCUT2D eigenvalue weighted by molar-refractivity contribution is 5.94. The number of Topliss-reactive ketones (excluding diaryl/α,β-unsaturated/α-hetero) is 2. The zero-order valence-corrected chi connectivity index (χ0v) is 15.8. The van der Waals surface area contributed by atoms with Gasteiger partial charge in [-0.3, -0.25) is 14.4 Å². The number of rotatable bonds is 1. The van der Waals surface area contributed by atoms with Crippen LogP contribution in [0.3, 0.4) is 0 Å². The van der Waals surface area contributed by atoms with Gasteiger partial charge in [-0.25, -0.2) is 0 Å². The molecule has 0 saturated heterocycles. The van der Waals surface area contributed by atoms with Gasteiger partial charge in [-0.2, -0.15) is 0 Å². The summed E-state index contributed by atoms with van der Waals surface area (Å²) in [6.45, 7) is 5.12. The van der Waals surface area contributed by atoms with Crippen molar-refractivity contribution in [1.82, 2.24) is 0 Å². The molecule has 5 nitrogen and oxygen atoms in total. The molecule has 4 rings (SSSR count). The summed E-state index contributed by atoms with van der Waals surface area (Å²) in [6.07, 6.45) is 4.63. The van der Waals surface area contributed by atoms with Crippen molar-refractivity contribution in [2.75, 3.05) is 0 Å². The second kappa shape index (κ2) is 5.14. The molecule has 0 amide bonds. The van der Waals surface area contributed by atoms with Gasteiger partial charge in [0, 0.05) is 24.2 Å². The molecular formula is C21H28O5. The van der Waals surface area contributed by atoms with E-state index in [4.69, 9.17) is 0 Å². The van der Waals surface area contributed by atoms with E-state index in [0.29, 0.717) is 32.1 Å². The Labute approximate surface area is 153 Å². The van der Waals surface area contributed by atoms with Crippen LogP contribution in [0.1, 0.15) is 65.7 Å². The van der Waals surface area contributed by atoms with Crippen molar-refractivity contribution in [1.29, 1.82) is 0 Å². The summed E-state index contributed by atoms with van der Waals surface area (Å²) in [7, 11) is 0. The van der Waals surface area contributed by atoms with Gasteiger partial charge in [0.15, 0.2) is 11.6 Å². The van der Waals surface area contributed by atoms with Gasteiger partial charge in [0.1, 0.15) is 11.4 Å². The van der Waals surface area contributed by atoms with E-state index in [1.807, 2.05) is 0 Å². The Bertz CT molecular complexity index is 754. The van der Waals surface area contributed by atoms with Crippen LogP contribution in [0.25, 0.3) is 0 Å². The lowest BCUT2D eigenvalue weighted by Gasteiger charge is -2.61. The number of carbonyl (C=O) groups excluding carboxylic acids is 3. The van der Waals surface area contributed by atoms with E-state index in [1.54, 1.807) is 13.0 Å². The molecule has 0 aromatic rings. The Hall–Kier alpha value is -1.33. The zero-order valence-electron chi connectivity index (χ0n) is 15.8. The molecular weight excluding hydrogens is 332 g/mol. The molecule has 0 aliphatic heterocycles. The Kier molecular flexibility index (Phi) is 3.57. The Balaban J connectivity index is 1.83. The number of fused-ring (bicyclic) bond motifs is 5. The number of hydrogen-bond donors (Lipinski definition) is 2. The first kappa shape index (κ1) is 18.1. The maximum atomic E-state index is 13.3. The van der Waals surface area contributed by atoms with Crippen LogP contribution in [0.4, 0.5) is 0 Å². The quantitative estimate of drug-likeness (QED) is 0.747. The van der Waals surface area contributed by atoms with Gasteiger partial charge >= 0.3 is 0 Å². The van der Waals surface area contributed by atoms with Gasteiger partial charge in [-0.15, -0.1) is 0 Å². The minimum Gasteiger partial charge on any atom is -0.389 e. The molecule has 0 bridgehead atoms. The summed E-state index contributed by atoms with van der Waals surface area (Å²) in [5.74, 6) is -0.853. The molecule has 0 radical (unpaired) electrons. The first-order valence-corrected chi connectivity index (χ1v) is 9.72. The highest BCUT2D eigenvalue weighted by atomic mass is 16.3. The van der Waals surface area contributed by atoms with Crippen molar-refractivity contribution in [3.8, 4) is 0 Å². The molecule has 4 aliphatic carbocycles. The van der Waals surface area contributed by atoms with Crippen LogP contribution in [-0.2, 0) is 14.4 Å². The fourth-order valence-electron chi connectivity index (χ4n) is 6.90. The summed E-state index contributed by atoms with van der Waals surface area (Å²) in [5.41, 5.74) is -3.40. The summed E-state index contributed by atoms with van der Waals surface area (Å²) in [4.78, 5) is 37.4. The zero-order chi connectivity index (χ0) is 19.1. The lowest BCUT2D eigenvalue weighted by atomic mass is 9.44. The molecule has 0 spiro atoms. The van der Waals surface area contributed by atoms with E-state index in [0.717, 1.165) is 5.57 Å². The van der Waals surface area contributed by atoms with Crippen LogP contribution in [0.15, 0.2) is 11.6 Å². The van der Waals surface area contributed by atoms with Crippen LogP contribution in [0.2, 0.25) is 0 Å². The largest absolute Gasteiger partial charge is 0.389 e. The maximum absolute atomic E-state index is 13.3. The Morgan fingerprint density at radius 3 is 2.46 bits per heavy atom. The van der Waals surface area contributed by atoms with E-state index in [1.165, 1.54) is 6.92 Å². The van der Waals surface area contributed by atoms with Gasteiger partial charge in [0.2, 0.25) is 0 Å². The molecule has 6 atom stereocenters. The molecule has 0 heterocycles. The number of allylic oxidation sites excluding steroid dienone is 1. The highest BCUT2D eigenvalue weighted by Gasteiger charge is 2.74. The minimum absolute atomic E-state index is 0.0115. The fraction of sp³-hybridized carbons (Fsp3) is 0.762. The number of hydrogen-bond acceptors (Lipinski definition) is 5. The second-order valence-electron chi connectivity index (χ2n) is 9.49. The summed E-state index contributed by atoms with van der Waals surface area (Å²) < 4.78 is 0. The summed E-state index contributed by atoms with van der Waals surface area (Å²) >= 11 is 0. The fourth-order valence-corrected chi connectivity index (χ4v) is 6.90. The van der Waals surface area contributed by atoms with E-state index in [2.05, 4.69) is 6.92 Å². The number of aliphatic hydroxyl groups is 2. The Morgan fingerprint density at radius 1 is 1.12 bits per heavy atom. The van der Waals surface area contributed by atoms with E-state index in [-0.39, 0.29) is 42.0 Å². The SMILES string of the molecule is CC(=O)C1(O)CCC2(O)C3CCC4=CC(=O)CCC4(C)C3C(=O)CC12C. The summed E-state index contributed by atoms with van der Waals surface area (Å²) in [5, 5.41) is 22.9. The first-order chi connectivity index (χ1) is 12.0. The van der Waals surface area contributed by atoms with Crippen molar-refractivity contribution in [2.24, 2.45) is 22.7 Å². The van der Waals surface area contributed by atoms with Crippen LogP contribution >= 0.6 is 0 Å². The molecule has 3 saturated carbocycles. The average Bonchev–Trinajstić information content (AvgIpc) is 2.77. The van der Waals surface area contributed by atoms with Crippen LogP contribution < -0.4 is 0 Å². The molecule has 26 heavy (non-hydrogen) atoms. The molecule has 0 aromatic heterocycles. The molecule has 5 heteroatoms. The predicted octanol–water partition coefficient (Wildman–Crippen LogP) is 2.13. The molecule has 0 aromatic carbocycles. The first-order valence-electron chi connectivity index (χ1n) is 9.72. The number of ketones is 3. The van der Waals surface area contributed by atoms with Crippen molar-refractivity contribution < 1.29 is 24.6 Å². The van der Waals surface area contributed by atoms with Crippen molar-refractivity contribution in [2.45, 2.75) is 76.9 Å². The van der Waals surface area contributed by atoms with Crippen molar-refractivity contribution >= 4 is 17.3 Å². The average molecular weight is 360 g/mol. The van der Waals surface area contributed by atoms with Crippen LogP contribution in [0, 0.1) is 22.7 Å². The third-order valence-electron chi connectivity index (χ3n) is 8.58. The van der Waals surface area contributed by atoms with Crippen molar-refractivity contribution in [3.63, 3.8) is 0 Å². The summed E-state index contributed by atoms with van der Waals surface area (Å²) in [6, 6.07) is 0. The molecule has 6 unspecified atom stereocenters. The lowest BCUT2D eigenvalue weighted by Crippen LogP contribution is -2.68. The normalized spacial score (nSPS) is 50.6. The third kappa shape index (κ3) is 1.86. The third-order valence-corrected chi connectivity index (χ3v) is 8.58. The molecule has 142 valence electrons. The Morgan fingerprint density at radius 2 is 1.81 bits per heavy atom. The highest BCUT2D eigenvalue weighted by Crippen LogP contribution is 2.68. The van der Waals surface area contributed by atoms with E-state index >= 15 is 0 Å². The van der Waals surface area contributed by atoms with Gasteiger partial charge in [0.25, 0.3) is 0 Å². The van der Waals surface area contributed by atoms with Crippen molar-refractivity contribution in [3.05, 3.63) is 11.6 Å². The van der Waals surface area contributed by atoms with Gasteiger partial charge in [0.05, 0.1) is 5.60 Å². The van der Waals surface area contributed by atoms with Gasteiger partial charge in [-0.1, -0.05) is 19.4 Å². The lowest BCUT2D eigenvalue weighted by molar-refractivity contribution is -0.212. The van der Waals surface area contributed by atoms with E-state index < -0.39 is 22.0 Å². The van der Waals surface area contributed by atoms with Gasteiger partial charge < -0.3 is 10.2 Å². The predicted molar refractivity (Wildman–Crippen MR) is 94.2 cm³/mol. The minimum atomic E-state index is -1.65. The van der Waals surface area contributed by atoms with E-state index in [9.17, 15) is 24.6 Å². The smallest absolute Gasteiger partial charge is 0.161 e. The standard InChI is InChI=1S/C21H28O5/c1-12(22)20(25)8-9-21(26)15-5-4-13-10-14(23)6-7-18(13,2)17(15)16(24)11-19(20,21)3/h10,15,17,25-26H,4-9,11H2,1-3H3. The number of carbonyl (C=O) groups is 3. The topological polar surface area (TPSA) is 91.7 Å². The second-order valence-corrected chi connectivity index (χ2v) is 9.49. The molecule has 2 N–H and O–H groups in total. The van der Waals surface area contributed by atoms with Gasteiger partial charge in [-0.05, 0) is 56.4 Å². The monoisotopic (exact) mass is 360 g/mol.